The molecule has 5 heterocycles. The number of hydrogen-bond donors (Lipinski definition) is 1. The van der Waals surface area contributed by atoms with Crippen LogP contribution in [0.4, 0.5) is 16.4 Å². The molecule has 3 aromatic heterocycles. The Balaban J connectivity index is 1.66. The van der Waals surface area contributed by atoms with Crippen LogP contribution in [0, 0.1) is 0 Å². The Kier molecular flexibility index (Phi) is 4.31. The minimum absolute atomic E-state index is 0.0443. The van der Waals surface area contributed by atoms with E-state index in [1.54, 1.807) is 16.0 Å². The summed E-state index contributed by atoms with van der Waals surface area (Å²) >= 11 is 0. The van der Waals surface area contributed by atoms with Crippen LogP contribution >= 0.6 is 0 Å². The number of pyridine rings is 1. The van der Waals surface area contributed by atoms with Crippen LogP contribution in [0.1, 0.15) is 6.92 Å². The first-order valence-corrected chi connectivity index (χ1v) is 9.80. The number of anilines is 2. The van der Waals surface area contributed by atoms with Crippen molar-refractivity contribution in [2.24, 2.45) is 0 Å². The predicted molar refractivity (Wildman–Crippen MR) is 110 cm³/mol. The highest BCUT2D eigenvalue weighted by molar-refractivity contribution is 5.95. The standard InChI is InChI=1S/C20H23N7O2/c1-13-12-29-10-9-26(13)16-11-17(27-8-7-25(2)20(27)28)24-19(23-16)15-4-6-22-18-14(15)3-5-21-18/h3-6,11,13H,7-10,12H2,1-2H3,(H,21,22). The van der Waals surface area contributed by atoms with Crippen molar-refractivity contribution in [2.45, 2.75) is 13.0 Å². The number of carbonyl (C=O) groups is 1. The van der Waals surface area contributed by atoms with Gasteiger partial charge < -0.3 is 19.5 Å². The summed E-state index contributed by atoms with van der Waals surface area (Å²) in [6.07, 6.45) is 3.60. The van der Waals surface area contributed by atoms with Gasteiger partial charge in [0.1, 0.15) is 17.3 Å². The number of rotatable bonds is 3. The molecule has 0 spiro atoms. The second-order valence-electron chi connectivity index (χ2n) is 7.48. The largest absolute Gasteiger partial charge is 0.377 e. The molecule has 1 atom stereocenters. The summed E-state index contributed by atoms with van der Waals surface area (Å²) in [6.45, 7) is 5.46. The maximum atomic E-state index is 12.6. The third-order valence-corrected chi connectivity index (χ3v) is 5.56. The number of urea groups is 1. The normalized spacial score (nSPS) is 20.1. The van der Waals surface area contributed by atoms with Gasteiger partial charge in [-0.15, -0.1) is 0 Å². The molecular formula is C20H23N7O2. The van der Waals surface area contributed by atoms with E-state index < -0.39 is 0 Å². The maximum absolute atomic E-state index is 12.6. The maximum Gasteiger partial charge on any atom is 0.325 e. The zero-order valence-corrected chi connectivity index (χ0v) is 16.5. The van der Waals surface area contributed by atoms with E-state index in [0.717, 1.165) is 29.0 Å². The third kappa shape index (κ3) is 3.07. The molecule has 0 radical (unpaired) electrons. The predicted octanol–water partition coefficient (Wildman–Crippen LogP) is 2.12. The molecule has 5 rings (SSSR count). The first-order chi connectivity index (χ1) is 14.1. The summed E-state index contributed by atoms with van der Waals surface area (Å²) in [7, 11) is 1.81. The Morgan fingerprint density at radius 2 is 2.03 bits per heavy atom. The van der Waals surface area contributed by atoms with E-state index in [0.29, 0.717) is 37.9 Å². The number of nitrogens with one attached hydrogen (secondary N) is 1. The van der Waals surface area contributed by atoms with Crippen molar-refractivity contribution in [3.8, 4) is 11.4 Å². The molecule has 29 heavy (non-hydrogen) atoms. The molecule has 9 heteroatoms. The van der Waals surface area contributed by atoms with Crippen molar-refractivity contribution in [3.63, 3.8) is 0 Å². The lowest BCUT2D eigenvalue weighted by molar-refractivity contribution is 0.0985. The highest BCUT2D eigenvalue weighted by Gasteiger charge is 2.30. The number of amides is 2. The number of fused-ring (bicyclic) bond motifs is 1. The van der Waals surface area contributed by atoms with Gasteiger partial charge >= 0.3 is 6.03 Å². The highest BCUT2D eigenvalue weighted by atomic mass is 16.5. The minimum atomic E-state index is -0.0443. The number of nitrogens with zero attached hydrogens (tertiary/aromatic N) is 6. The van der Waals surface area contributed by atoms with Crippen molar-refractivity contribution in [1.82, 2.24) is 24.8 Å². The smallest absolute Gasteiger partial charge is 0.325 e. The molecule has 0 aromatic carbocycles. The van der Waals surface area contributed by atoms with E-state index >= 15 is 0 Å². The van der Waals surface area contributed by atoms with Gasteiger partial charge in [0.15, 0.2) is 5.82 Å². The number of H-pyrrole nitrogens is 1. The Hall–Kier alpha value is -3.20. The molecule has 0 bridgehead atoms. The van der Waals surface area contributed by atoms with Crippen LogP contribution in [-0.2, 0) is 4.74 Å². The molecule has 0 saturated carbocycles. The molecule has 3 aromatic rings. The van der Waals surface area contributed by atoms with Gasteiger partial charge in [0.25, 0.3) is 0 Å². The van der Waals surface area contributed by atoms with Crippen molar-refractivity contribution in [1.29, 1.82) is 0 Å². The number of carbonyl (C=O) groups excluding carboxylic acids is 1. The van der Waals surface area contributed by atoms with Gasteiger partial charge in [-0.25, -0.2) is 19.7 Å². The fraction of sp³-hybridized carbons (Fsp3) is 0.400. The second-order valence-corrected chi connectivity index (χ2v) is 7.48. The topological polar surface area (TPSA) is 90.5 Å². The summed E-state index contributed by atoms with van der Waals surface area (Å²) in [5.41, 5.74) is 1.68. The fourth-order valence-corrected chi connectivity index (χ4v) is 3.91. The van der Waals surface area contributed by atoms with Crippen LogP contribution in [0.25, 0.3) is 22.4 Å². The zero-order chi connectivity index (χ0) is 20.0. The summed E-state index contributed by atoms with van der Waals surface area (Å²) in [4.78, 5) is 35.4. The first-order valence-electron chi connectivity index (χ1n) is 9.80. The Morgan fingerprint density at radius 3 is 2.83 bits per heavy atom. The summed E-state index contributed by atoms with van der Waals surface area (Å²) in [6, 6.07) is 5.95. The lowest BCUT2D eigenvalue weighted by Crippen LogP contribution is -2.44. The van der Waals surface area contributed by atoms with Gasteiger partial charge in [-0.05, 0) is 19.1 Å². The van der Waals surface area contributed by atoms with Gasteiger partial charge in [0, 0.05) is 56.1 Å². The molecule has 2 saturated heterocycles. The second kappa shape index (κ2) is 7.00. The Bertz CT molecular complexity index is 1070. The van der Waals surface area contributed by atoms with E-state index in [1.807, 2.05) is 31.4 Å². The third-order valence-electron chi connectivity index (χ3n) is 5.56. The Labute approximate surface area is 168 Å². The molecule has 9 nitrogen and oxygen atoms in total. The minimum Gasteiger partial charge on any atom is -0.377 e. The number of ether oxygens (including phenoxy) is 1. The highest BCUT2D eigenvalue weighted by Crippen LogP contribution is 2.31. The Morgan fingerprint density at radius 1 is 1.17 bits per heavy atom. The van der Waals surface area contributed by atoms with Gasteiger partial charge in [0.2, 0.25) is 0 Å². The van der Waals surface area contributed by atoms with Gasteiger partial charge in [-0.2, -0.15) is 0 Å². The molecule has 1 N–H and O–H groups in total. The average molecular weight is 393 g/mol. The summed E-state index contributed by atoms with van der Waals surface area (Å²) in [5.74, 6) is 2.02. The monoisotopic (exact) mass is 393 g/mol. The molecule has 2 fully saturated rings. The first kappa shape index (κ1) is 17.9. The summed E-state index contributed by atoms with van der Waals surface area (Å²) < 4.78 is 5.59. The van der Waals surface area contributed by atoms with E-state index in [-0.39, 0.29) is 12.1 Å². The van der Waals surface area contributed by atoms with Crippen LogP contribution in [0.2, 0.25) is 0 Å². The average Bonchev–Trinajstić information content (AvgIpc) is 3.35. The molecule has 2 aliphatic heterocycles. The SMILES string of the molecule is CC1COCCN1c1cc(N2CCN(C)C2=O)nc(-c2ccnc3[nH]ccc23)n1. The number of morpholine rings is 1. The molecule has 1 unspecified atom stereocenters. The lowest BCUT2D eigenvalue weighted by Gasteiger charge is -2.34. The number of aromatic nitrogens is 4. The van der Waals surface area contributed by atoms with Crippen LogP contribution < -0.4 is 9.80 Å². The molecule has 2 amide bonds. The van der Waals surface area contributed by atoms with Crippen molar-refractivity contribution in [3.05, 3.63) is 30.6 Å². The van der Waals surface area contributed by atoms with Gasteiger partial charge in [0.05, 0.1) is 19.3 Å². The molecule has 150 valence electrons. The van der Waals surface area contributed by atoms with Crippen LogP contribution in [-0.4, -0.2) is 76.8 Å². The van der Waals surface area contributed by atoms with E-state index in [9.17, 15) is 4.79 Å². The van der Waals surface area contributed by atoms with Crippen molar-refractivity contribution < 1.29 is 9.53 Å². The van der Waals surface area contributed by atoms with Crippen LogP contribution in [0.15, 0.2) is 30.6 Å². The van der Waals surface area contributed by atoms with Gasteiger partial charge in [-0.1, -0.05) is 0 Å². The van der Waals surface area contributed by atoms with E-state index in [1.165, 1.54) is 0 Å². The van der Waals surface area contributed by atoms with Gasteiger partial charge in [-0.3, -0.25) is 4.90 Å². The van der Waals surface area contributed by atoms with Crippen molar-refractivity contribution >= 4 is 28.7 Å². The summed E-state index contributed by atoms with van der Waals surface area (Å²) in [5, 5.41) is 0.954. The number of hydrogen-bond acceptors (Lipinski definition) is 6. The van der Waals surface area contributed by atoms with E-state index in [4.69, 9.17) is 14.7 Å². The lowest BCUT2D eigenvalue weighted by atomic mass is 10.1. The van der Waals surface area contributed by atoms with Crippen molar-refractivity contribution in [2.75, 3.05) is 49.7 Å². The van der Waals surface area contributed by atoms with Crippen LogP contribution in [0.5, 0.6) is 0 Å². The zero-order valence-electron chi connectivity index (χ0n) is 16.5. The van der Waals surface area contributed by atoms with E-state index in [2.05, 4.69) is 21.8 Å². The molecular weight excluding hydrogens is 370 g/mol. The van der Waals surface area contributed by atoms with Crippen LogP contribution in [0.3, 0.4) is 0 Å². The molecule has 0 aliphatic carbocycles. The fourth-order valence-electron chi connectivity index (χ4n) is 3.91. The molecule has 2 aliphatic rings. The quantitative estimate of drug-likeness (QED) is 0.733. The number of aromatic amines is 1. The number of likely N-dealkylation sites (N-methyl/N-ethyl adjacent to an activating group) is 1.